The van der Waals surface area contributed by atoms with Crippen LogP contribution in [0.1, 0.15) is 16.8 Å². The summed E-state index contributed by atoms with van der Waals surface area (Å²) < 4.78 is 19.7. The Kier molecular flexibility index (Phi) is 5.99. The lowest BCUT2D eigenvalue weighted by Gasteiger charge is -2.13. The molecular formula is C20H18ClFN2O. The first-order valence-electron chi connectivity index (χ1n) is 7.98. The SMILES string of the molecule is Fc1cccc(Cl)c1COc1ccccc1CNCc1ccccn1. The van der Waals surface area contributed by atoms with E-state index in [1.807, 2.05) is 42.5 Å². The van der Waals surface area contributed by atoms with Crippen LogP contribution < -0.4 is 10.1 Å². The Hall–Kier alpha value is -2.43. The van der Waals surface area contributed by atoms with Crippen molar-refractivity contribution >= 4 is 11.6 Å². The highest BCUT2D eigenvalue weighted by molar-refractivity contribution is 6.31. The molecule has 2 aromatic carbocycles. The molecule has 0 aliphatic heterocycles. The third kappa shape index (κ3) is 4.78. The van der Waals surface area contributed by atoms with Crippen molar-refractivity contribution < 1.29 is 9.13 Å². The molecule has 0 atom stereocenters. The summed E-state index contributed by atoms with van der Waals surface area (Å²) in [6, 6.07) is 18.1. The minimum absolute atomic E-state index is 0.0861. The topological polar surface area (TPSA) is 34.1 Å². The maximum atomic E-state index is 13.9. The van der Waals surface area contributed by atoms with E-state index in [1.54, 1.807) is 18.3 Å². The second kappa shape index (κ2) is 8.60. The van der Waals surface area contributed by atoms with E-state index in [9.17, 15) is 4.39 Å². The molecule has 0 aliphatic rings. The molecule has 128 valence electrons. The molecule has 0 bridgehead atoms. The number of hydrogen-bond donors (Lipinski definition) is 1. The van der Waals surface area contributed by atoms with Crippen LogP contribution in [0.25, 0.3) is 0 Å². The average Bonchev–Trinajstić information content (AvgIpc) is 2.63. The molecule has 1 N–H and O–H groups in total. The molecule has 1 heterocycles. The van der Waals surface area contributed by atoms with Crippen LogP contribution in [0.15, 0.2) is 66.9 Å². The summed E-state index contributed by atoms with van der Waals surface area (Å²) in [4.78, 5) is 4.28. The Morgan fingerprint density at radius 1 is 0.960 bits per heavy atom. The molecule has 0 amide bonds. The monoisotopic (exact) mass is 356 g/mol. The highest BCUT2D eigenvalue weighted by Crippen LogP contribution is 2.23. The van der Waals surface area contributed by atoms with Crippen LogP contribution in [0.4, 0.5) is 4.39 Å². The summed E-state index contributed by atoms with van der Waals surface area (Å²) in [7, 11) is 0. The summed E-state index contributed by atoms with van der Waals surface area (Å²) >= 11 is 6.05. The second-order valence-electron chi connectivity index (χ2n) is 5.52. The van der Waals surface area contributed by atoms with Crippen molar-refractivity contribution in [3.05, 3.63) is 94.5 Å². The molecule has 0 spiro atoms. The lowest BCUT2D eigenvalue weighted by atomic mass is 10.2. The smallest absolute Gasteiger partial charge is 0.131 e. The van der Waals surface area contributed by atoms with Crippen molar-refractivity contribution in [3.63, 3.8) is 0 Å². The molecule has 3 nitrogen and oxygen atoms in total. The van der Waals surface area contributed by atoms with Crippen LogP contribution >= 0.6 is 11.6 Å². The van der Waals surface area contributed by atoms with Gasteiger partial charge in [-0.3, -0.25) is 4.98 Å². The van der Waals surface area contributed by atoms with E-state index in [0.717, 1.165) is 11.3 Å². The normalized spacial score (nSPS) is 10.6. The zero-order valence-electron chi connectivity index (χ0n) is 13.6. The first-order valence-corrected chi connectivity index (χ1v) is 8.36. The van der Waals surface area contributed by atoms with Crippen LogP contribution in [0, 0.1) is 5.82 Å². The van der Waals surface area contributed by atoms with Gasteiger partial charge in [-0.25, -0.2) is 4.39 Å². The van der Waals surface area contributed by atoms with Crippen molar-refractivity contribution in [1.82, 2.24) is 10.3 Å². The molecule has 0 fully saturated rings. The van der Waals surface area contributed by atoms with Crippen LogP contribution in [-0.4, -0.2) is 4.98 Å². The third-order valence-corrected chi connectivity index (χ3v) is 4.11. The highest BCUT2D eigenvalue weighted by atomic mass is 35.5. The predicted octanol–water partition coefficient (Wildman–Crippen LogP) is 4.74. The number of rotatable bonds is 7. The maximum absolute atomic E-state index is 13.9. The standard InChI is InChI=1S/C20H18ClFN2O/c21-18-8-5-9-19(22)17(18)14-25-20-10-2-1-6-15(20)12-23-13-16-7-3-4-11-24-16/h1-11,23H,12-14H2. The molecule has 5 heteroatoms. The molecule has 25 heavy (non-hydrogen) atoms. The lowest BCUT2D eigenvalue weighted by molar-refractivity contribution is 0.296. The van der Waals surface area contributed by atoms with Crippen LogP contribution in [0.3, 0.4) is 0 Å². The Balaban J connectivity index is 1.63. The Bertz CT molecular complexity index is 807. The zero-order valence-corrected chi connectivity index (χ0v) is 14.3. The van der Waals surface area contributed by atoms with Gasteiger partial charge in [-0.15, -0.1) is 0 Å². The Morgan fingerprint density at radius 2 is 1.80 bits per heavy atom. The average molecular weight is 357 g/mol. The number of benzene rings is 2. The van der Waals surface area contributed by atoms with E-state index in [4.69, 9.17) is 16.3 Å². The number of aromatic nitrogens is 1. The van der Waals surface area contributed by atoms with Gasteiger partial charge in [0.2, 0.25) is 0 Å². The first-order chi connectivity index (χ1) is 12.2. The molecule has 0 saturated carbocycles. The van der Waals surface area contributed by atoms with Gasteiger partial charge in [-0.05, 0) is 30.3 Å². The minimum atomic E-state index is -0.363. The van der Waals surface area contributed by atoms with Gasteiger partial charge >= 0.3 is 0 Å². The van der Waals surface area contributed by atoms with Crippen molar-refractivity contribution in [3.8, 4) is 5.75 Å². The molecular weight excluding hydrogens is 339 g/mol. The number of nitrogens with zero attached hydrogens (tertiary/aromatic N) is 1. The van der Waals surface area contributed by atoms with E-state index in [1.165, 1.54) is 6.07 Å². The fourth-order valence-corrected chi connectivity index (χ4v) is 2.66. The molecule has 0 radical (unpaired) electrons. The van der Waals surface area contributed by atoms with Gasteiger partial charge in [0.1, 0.15) is 18.2 Å². The van der Waals surface area contributed by atoms with Gasteiger partial charge in [-0.2, -0.15) is 0 Å². The molecule has 0 saturated heterocycles. The Morgan fingerprint density at radius 3 is 2.60 bits per heavy atom. The fourth-order valence-electron chi connectivity index (χ4n) is 2.44. The van der Waals surface area contributed by atoms with Gasteiger partial charge in [0.15, 0.2) is 0 Å². The number of nitrogens with one attached hydrogen (secondary N) is 1. The number of halogens is 2. The quantitative estimate of drug-likeness (QED) is 0.663. The van der Waals surface area contributed by atoms with Gasteiger partial charge in [-0.1, -0.05) is 41.9 Å². The second-order valence-corrected chi connectivity index (χ2v) is 5.93. The van der Waals surface area contributed by atoms with Crippen molar-refractivity contribution in [2.24, 2.45) is 0 Å². The van der Waals surface area contributed by atoms with E-state index in [2.05, 4.69) is 10.3 Å². The van der Waals surface area contributed by atoms with E-state index < -0.39 is 0 Å². The predicted molar refractivity (Wildman–Crippen MR) is 97.0 cm³/mol. The van der Waals surface area contributed by atoms with Gasteiger partial charge < -0.3 is 10.1 Å². The minimum Gasteiger partial charge on any atom is -0.488 e. The largest absolute Gasteiger partial charge is 0.488 e. The van der Waals surface area contributed by atoms with Crippen molar-refractivity contribution in [2.45, 2.75) is 19.7 Å². The van der Waals surface area contributed by atoms with Gasteiger partial charge in [0.25, 0.3) is 0 Å². The Labute approximate surface area is 151 Å². The first kappa shape index (κ1) is 17.4. The van der Waals surface area contributed by atoms with E-state index in [-0.39, 0.29) is 12.4 Å². The third-order valence-electron chi connectivity index (χ3n) is 3.75. The highest BCUT2D eigenvalue weighted by Gasteiger charge is 2.09. The van der Waals surface area contributed by atoms with Gasteiger partial charge in [0, 0.05) is 30.4 Å². The number of para-hydroxylation sites is 1. The van der Waals surface area contributed by atoms with Crippen LogP contribution in [0.5, 0.6) is 5.75 Å². The van der Waals surface area contributed by atoms with Crippen molar-refractivity contribution in [1.29, 1.82) is 0 Å². The molecule has 0 unspecified atom stereocenters. The summed E-state index contributed by atoms with van der Waals surface area (Å²) in [5.41, 5.74) is 2.32. The van der Waals surface area contributed by atoms with Gasteiger partial charge in [0.05, 0.1) is 10.7 Å². The van der Waals surface area contributed by atoms with E-state index >= 15 is 0 Å². The summed E-state index contributed by atoms with van der Waals surface area (Å²) in [6.45, 7) is 1.37. The molecule has 0 aliphatic carbocycles. The number of hydrogen-bond acceptors (Lipinski definition) is 3. The number of ether oxygens (including phenoxy) is 1. The summed E-state index contributed by atoms with van der Waals surface area (Å²) in [6.07, 6.45) is 1.77. The lowest BCUT2D eigenvalue weighted by Crippen LogP contribution is -2.14. The maximum Gasteiger partial charge on any atom is 0.131 e. The summed E-state index contributed by atoms with van der Waals surface area (Å²) in [5, 5.41) is 3.70. The number of pyridine rings is 1. The summed E-state index contributed by atoms with van der Waals surface area (Å²) in [5.74, 6) is 0.341. The van der Waals surface area contributed by atoms with Crippen LogP contribution in [-0.2, 0) is 19.7 Å². The zero-order chi connectivity index (χ0) is 17.5. The van der Waals surface area contributed by atoms with E-state index in [0.29, 0.717) is 29.4 Å². The molecule has 1 aromatic heterocycles. The fraction of sp³-hybridized carbons (Fsp3) is 0.150. The molecule has 3 aromatic rings. The van der Waals surface area contributed by atoms with Crippen molar-refractivity contribution in [2.75, 3.05) is 0 Å². The molecule has 3 rings (SSSR count). The van der Waals surface area contributed by atoms with Crippen LogP contribution in [0.2, 0.25) is 5.02 Å².